The zero-order chi connectivity index (χ0) is 16.0. The summed E-state index contributed by atoms with van der Waals surface area (Å²) in [5.41, 5.74) is 2.71. The van der Waals surface area contributed by atoms with Gasteiger partial charge >= 0.3 is 5.97 Å². The molecule has 2 heteroatoms. The second kappa shape index (κ2) is 7.13. The highest BCUT2D eigenvalue weighted by Crippen LogP contribution is 2.34. The van der Waals surface area contributed by atoms with Gasteiger partial charge in [-0.15, -0.1) is 5.73 Å². The molecule has 0 aromatic carbocycles. The lowest BCUT2D eigenvalue weighted by Crippen LogP contribution is -2.29. The van der Waals surface area contributed by atoms with Gasteiger partial charge in [0.05, 0.1) is 5.41 Å². The van der Waals surface area contributed by atoms with Crippen LogP contribution >= 0.6 is 0 Å². The first kappa shape index (κ1) is 19.0. The Morgan fingerprint density at radius 3 is 2.15 bits per heavy atom. The van der Waals surface area contributed by atoms with Crippen LogP contribution < -0.4 is 0 Å². The van der Waals surface area contributed by atoms with Crippen LogP contribution in [0.1, 0.15) is 74.1 Å². The highest BCUT2D eigenvalue weighted by molar-refractivity contribution is 5.73. The van der Waals surface area contributed by atoms with Gasteiger partial charge in [0.15, 0.2) is 0 Å². The summed E-state index contributed by atoms with van der Waals surface area (Å²) in [5, 5.41) is 9.20. The van der Waals surface area contributed by atoms with E-state index in [1.807, 2.05) is 6.08 Å². The Balaban J connectivity index is 4.68. The summed E-state index contributed by atoms with van der Waals surface area (Å²) in [7, 11) is 0. The molecule has 0 unspecified atom stereocenters. The molecule has 0 saturated carbocycles. The summed E-state index contributed by atoms with van der Waals surface area (Å²) in [6, 6.07) is 0. The molecular weight excluding hydrogens is 248 g/mol. The summed E-state index contributed by atoms with van der Waals surface area (Å²) in [6.07, 6.45) is 8.12. The monoisotopic (exact) mass is 280 g/mol. The van der Waals surface area contributed by atoms with Crippen LogP contribution in [0.25, 0.3) is 0 Å². The van der Waals surface area contributed by atoms with Crippen molar-refractivity contribution in [2.75, 3.05) is 0 Å². The molecule has 0 rings (SSSR count). The lowest BCUT2D eigenvalue weighted by molar-refractivity contribution is -0.148. The molecular formula is C18H32O2. The fourth-order valence-electron chi connectivity index (χ4n) is 2.66. The Morgan fingerprint density at radius 2 is 1.70 bits per heavy atom. The summed E-state index contributed by atoms with van der Waals surface area (Å²) in [5.74, 6) is -0.743. The molecule has 0 radical (unpaired) electrons. The minimum atomic E-state index is -0.743. The quantitative estimate of drug-likeness (QED) is 0.601. The van der Waals surface area contributed by atoms with Gasteiger partial charge in [-0.2, -0.15) is 0 Å². The van der Waals surface area contributed by atoms with Crippen LogP contribution in [0.2, 0.25) is 0 Å². The van der Waals surface area contributed by atoms with Crippen molar-refractivity contribution in [3.05, 3.63) is 17.9 Å². The van der Waals surface area contributed by atoms with E-state index in [9.17, 15) is 9.90 Å². The molecule has 20 heavy (non-hydrogen) atoms. The van der Waals surface area contributed by atoms with Crippen molar-refractivity contribution in [1.82, 2.24) is 0 Å². The Morgan fingerprint density at radius 1 is 1.15 bits per heavy atom. The van der Waals surface area contributed by atoms with Gasteiger partial charge in [-0.05, 0) is 56.1 Å². The number of rotatable bonds is 8. The number of allylic oxidation sites excluding steroid dienone is 1. The predicted molar refractivity (Wildman–Crippen MR) is 85.8 cm³/mol. The van der Waals surface area contributed by atoms with E-state index >= 15 is 0 Å². The van der Waals surface area contributed by atoms with Gasteiger partial charge in [0.1, 0.15) is 0 Å². The van der Waals surface area contributed by atoms with Crippen molar-refractivity contribution in [2.45, 2.75) is 74.1 Å². The first-order valence-electron chi connectivity index (χ1n) is 7.57. The molecule has 0 amide bonds. The first-order valence-corrected chi connectivity index (χ1v) is 7.57. The maximum Gasteiger partial charge on any atom is 0.309 e. The Labute approximate surface area is 125 Å². The second-order valence-electron chi connectivity index (χ2n) is 7.99. The van der Waals surface area contributed by atoms with Crippen molar-refractivity contribution >= 4 is 5.97 Å². The second-order valence-corrected chi connectivity index (χ2v) is 7.99. The van der Waals surface area contributed by atoms with E-state index < -0.39 is 11.4 Å². The number of hydrogen-bond donors (Lipinski definition) is 1. The lowest BCUT2D eigenvalue weighted by Gasteiger charge is -2.29. The number of carboxylic acids is 1. The number of carbonyl (C=O) groups is 1. The standard InChI is InChI=1S/C18H32O2/c1-8-11-16(2,3)12-9-10-13-17(4,5)14-18(6,7)15(19)20/h9,13H,8,11-12,14H2,1-7H3,(H,19,20). The Bertz CT molecular complexity index is 380. The van der Waals surface area contributed by atoms with Gasteiger partial charge in [-0.3, -0.25) is 4.79 Å². The van der Waals surface area contributed by atoms with E-state index in [0.717, 1.165) is 6.42 Å². The topological polar surface area (TPSA) is 37.3 Å². The molecule has 116 valence electrons. The largest absolute Gasteiger partial charge is 0.481 e. The molecule has 1 N–H and O–H groups in total. The summed E-state index contributed by atoms with van der Waals surface area (Å²) in [4.78, 5) is 11.2. The van der Waals surface area contributed by atoms with E-state index in [1.165, 1.54) is 12.8 Å². The third-order valence-corrected chi connectivity index (χ3v) is 3.65. The smallest absolute Gasteiger partial charge is 0.309 e. The van der Waals surface area contributed by atoms with Crippen molar-refractivity contribution < 1.29 is 9.90 Å². The number of aliphatic carboxylic acids is 1. The molecule has 0 fully saturated rings. The molecule has 0 bridgehead atoms. The molecule has 0 aromatic rings. The van der Waals surface area contributed by atoms with Crippen molar-refractivity contribution in [3.63, 3.8) is 0 Å². The van der Waals surface area contributed by atoms with Gasteiger partial charge in [-0.25, -0.2) is 0 Å². The first-order chi connectivity index (χ1) is 8.92. The fourth-order valence-corrected chi connectivity index (χ4v) is 2.66. The summed E-state index contributed by atoms with van der Waals surface area (Å²) in [6.45, 7) is 14.4. The van der Waals surface area contributed by atoms with Crippen LogP contribution in [-0.4, -0.2) is 11.1 Å². The van der Waals surface area contributed by atoms with E-state index in [-0.39, 0.29) is 5.41 Å². The van der Waals surface area contributed by atoms with Crippen molar-refractivity contribution in [2.24, 2.45) is 16.2 Å². The van der Waals surface area contributed by atoms with Gasteiger partial charge in [-0.1, -0.05) is 41.0 Å². The summed E-state index contributed by atoms with van der Waals surface area (Å²) < 4.78 is 0. The van der Waals surface area contributed by atoms with Crippen LogP contribution in [0, 0.1) is 16.2 Å². The number of hydrogen-bond acceptors (Lipinski definition) is 1. The third-order valence-electron chi connectivity index (χ3n) is 3.65. The maximum atomic E-state index is 11.2. The van der Waals surface area contributed by atoms with Gasteiger partial charge < -0.3 is 5.11 Å². The highest BCUT2D eigenvalue weighted by atomic mass is 16.4. The molecule has 0 aromatic heterocycles. The molecule has 0 heterocycles. The average molecular weight is 280 g/mol. The molecule has 0 aliphatic rings. The van der Waals surface area contributed by atoms with Gasteiger partial charge in [0.2, 0.25) is 0 Å². The molecule has 0 aliphatic heterocycles. The fraction of sp³-hybridized carbons (Fsp3) is 0.778. The van der Waals surface area contributed by atoms with Crippen LogP contribution in [0.4, 0.5) is 0 Å². The lowest BCUT2D eigenvalue weighted by atomic mass is 9.75. The van der Waals surface area contributed by atoms with E-state index in [0.29, 0.717) is 11.8 Å². The molecule has 0 saturated heterocycles. The average Bonchev–Trinajstić information content (AvgIpc) is 2.22. The van der Waals surface area contributed by atoms with Gasteiger partial charge in [0, 0.05) is 0 Å². The maximum absolute atomic E-state index is 11.2. The normalized spacial score (nSPS) is 12.8. The van der Waals surface area contributed by atoms with Crippen LogP contribution in [0.5, 0.6) is 0 Å². The van der Waals surface area contributed by atoms with Crippen LogP contribution in [0.15, 0.2) is 17.9 Å². The minimum Gasteiger partial charge on any atom is -0.481 e. The zero-order valence-corrected chi connectivity index (χ0v) is 14.3. The van der Waals surface area contributed by atoms with E-state index in [2.05, 4.69) is 46.4 Å². The molecule has 0 spiro atoms. The van der Waals surface area contributed by atoms with E-state index in [1.54, 1.807) is 13.8 Å². The third kappa shape index (κ3) is 7.55. The van der Waals surface area contributed by atoms with Crippen LogP contribution in [-0.2, 0) is 4.79 Å². The van der Waals surface area contributed by atoms with Crippen LogP contribution in [0.3, 0.4) is 0 Å². The predicted octanol–water partition coefficient (Wildman–Crippen LogP) is 5.44. The van der Waals surface area contributed by atoms with E-state index in [4.69, 9.17) is 0 Å². The minimum absolute atomic E-state index is 0.159. The van der Waals surface area contributed by atoms with Gasteiger partial charge in [0.25, 0.3) is 0 Å². The SMILES string of the molecule is CCCC(C)(C)CC=C=CC(C)(C)CC(C)(C)C(=O)O. The zero-order valence-electron chi connectivity index (χ0n) is 14.3. The van der Waals surface area contributed by atoms with Crippen molar-refractivity contribution in [3.8, 4) is 0 Å². The summed E-state index contributed by atoms with van der Waals surface area (Å²) >= 11 is 0. The Kier molecular flexibility index (Phi) is 6.77. The number of carboxylic acid groups (broad SMARTS) is 1. The van der Waals surface area contributed by atoms with Crippen molar-refractivity contribution in [1.29, 1.82) is 0 Å². The molecule has 2 nitrogen and oxygen atoms in total. The molecule has 0 aliphatic carbocycles. The molecule has 0 atom stereocenters. The highest BCUT2D eigenvalue weighted by Gasteiger charge is 2.33. The Hall–Kier alpha value is -1.01.